The summed E-state index contributed by atoms with van der Waals surface area (Å²) in [4.78, 5) is 23.1. The summed E-state index contributed by atoms with van der Waals surface area (Å²) >= 11 is 0. The number of rotatable bonds is 4. The van der Waals surface area contributed by atoms with Gasteiger partial charge in [0.15, 0.2) is 5.82 Å². The summed E-state index contributed by atoms with van der Waals surface area (Å²) in [6.45, 7) is 4.70. The second-order valence-electron chi connectivity index (χ2n) is 6.96. The van der Waals surface area contributed by atoms with Crippen LogP contribution in [-0.2, 0) is 22.7 Å². The Bertz CT molecular complexity index is 578. The predicted molar refractivity (Wildman–Crippen MR) is 87.1 cm³/mol. The molecule has 0 N–H and O–H groups in total. The van der Waals surface area contributed by atoms with Crippen LogP contribution in [0.4, 0.5) is 0 Å². The van der Waals surface area contributed by atoms with Crippen molar-refractivity contribution >= 4 is 5.91 Å². The highest BCUT2D eigenvalue weighted by atomic mass is 16.5. The summed E-state index contributed by atoms with van der Waals surface area (Å²) in [7, 11) is 5.69. The molecule has 0 aromatic carbocycles. The van der Waals surface area contributed by atoms with Crippen molar-refractivity contribution in [2.24, 2.45) is 0 Å². The van der Waals surface area contributed by atoms with E-state index in [2.05, 4.69) is 27.0 Å². The van der Waals surface area contributed by atoms with Crippen molar-refractivity contribution in [2.45, 2.75) is 38.0 Å². The van der Waals surface area contributed by atoms with Crippen molar-refractivity contribution in [3.8, 4) is 0 Å². The number of likely N-dealkylation sites (N-methyl/N-ethyl adjacent to an activating group) is 1. The maximum Gasteiger partial charge on any atom is 0.240 e. The van der Waals surface area contributed by atoms with E-state index < -0.39 is 0 Å². The van der Waals surface area contributed by atoms with Gasteiger partial charge in [0.05, 0.1) is 6.54 Å². The van der Waals surface area contributed by atoms with Crippen LogP contribution < -0.4 is 0 Å². The third kappa shape index (κ3) is 3.60. The summed E-state index contributed by atoms with van der Waals surface area (Å²) < 4.78 is 10.4. The molecule has 1 atom stereocenters. The Kier molecular flexibility index (Phi) is 5.17. The number of hydrogen-bond acceptors (Lipinski definition) is 7. The van der Waals surface area contributed by atoms with Gasteiger partial charge in [-0.3, -0.25) is 14.6 Å². The Labute approximate surface area is 142 Å². The zero-order chi connectivity index (χ0) is 17.2. The molecule has 2 aliphatic rings. The van der Waals surface area contributed by atoms with E-state index in [9.17, 15) is 4.79 Å². The van der Waals surface area contributed by atoms with Crippen molar-refractivity contribution in [3.05, 3.63) is 11.7 Å². The van der Waals surface area contributed by atoms with Gasteiger partial charge in [0.25, 0.3) is 0 Å². The van der Waals surface area contributed by atoms with E-state index in [1.54, 1.807) is 7.11 Å². The second-order valence-corrected chi connectivity index (χ2v) is 6.96. The zero-order valence-corrected chi connectivity index (χ0v) is 14.8. The van der Waals surface area contributed by atoms with E-state index in [0.29, 0.717) is 31.3 Å². The molecule has 0 unspecified atom stereocenters. The smallest absolute Gasteiger partial charge is 0.240 e. The van der Waals surface area contributed by atoms with Crippen molar-refractivity contribution < 1.29 is 14.1 Å². The fourth-order valence-electron chi connectivity index (χ4n) is 3.71. The molecule has 1 aromatic rings. The lowest BCUT2D eigenvalue weighted by Crippen LogP contribution is -2.60. The Balaban J connectivity index is 1.67. The Hall–Kier alpha value is -1.51. The highest BCUT2D eigenvalue weighted by Crippen LogP contribution is 2.32. The lowest BCUT2D eigenvalue weighted by Gasteiger charge is -2.49. The van der Waals surface area contributed by atoms with Crippen LogP contribution in [-0.4, -0.2) is 83.7 Å². The van der Waals surface area contributed by atoms with E-state index in [1.807, 2.05) is 11.9 Å². The minimum Gasteiger partial charge on any atom is -0.377 e. The summed E-state index contributed by atoms with van der Waals surface area (Å²) in [6, 6.07) is 0. The van der Waals surface area contributed by atoms with Crippen molar-refractivity contribution in [1.29, 1.82) is 0 Å². The molecule has 1 spiro atoms. The van der Waals surface area contributed by atoms with Crippen LogP contribution in [0.2, 0.25) is 0 Å². The molecule has 0 bridgehead atoms. The molecule has 3 rings (SSSR count). The van der Waals surface area contributed by atoms with Gasteiger partial charge in [-0.1, -0.05) is 5.16 Å². The molecule has 2 fully saturated rings. The van der Waals surface area contributed by atoms with Gasteiger partial charge in [0, 0.05) is 52.3 Å². The van der Waals surface area contributed by atoms with Crippen LogP contribution in [0.1, 0.15) is 31.0 Å². The lowest BCUT2D eigenvalue weighted by molar-refractivity contribution is -0.129. The number of likely N-dealkylation sites (tertiary alicyclic amines) is 1. The van der Waals surface area contributed by atoms with Gasteiger partial charge in [0.2, 0.25) is 11.8 Å². The minimum absolute atomic E-state index is 0.0497. The third-order valence-corrected chi connectivity index (χ3v) is 5.36. The first-order valence-corrected chi connectivity index (χ1v) is 8.50. The normalized spacial score (nSPS) is 27.0. The van der Waals surface area contributed by atoms with E-state index in [-0.39, 0.29) is 11.4 Å². The van der Waals surface area contributed by atoms with Gasteiger partial charge in [-0.05, 0) is 19.9 Å². The quantitative estimate of drug-likeness (QED) is 0.784. The molecule has 1 aromatic heterocycles. The summed E-state index contributed by atoms with van der Waals surface area (Å²) in [5, 5.41) is 3.93. The summed E-state index contributed by atoms with van der Waals surface area (Å²) in [5.41, 5.74) is 0.0497. The molecular weight excluding hydrogens is 310 g/mol. The van der Waals surface area contributed by atoms with Crippen LogP contribution >= 0.6 is 0 Å². The first-order chi connectivity index (χ1) is 11.5. The molecule has 1 amide bonds. The Morgan fingerprint density at radius 3 is 2.88 bits per heavy atom. The average Bonchev–Trinajstić information content (AvgIpc) is 2.95. The van der Waals surface area contributed by atoms with Gasteiger partial charge in [-0.25, -0.2) is 0 Å². The fraction of sp³-hybridized carbons (Fsp3) is 0.812. The minimum atomic E-state index is 0.0497. The van der Waals surface area contributed by atoms with Crippen LogP contribution in [0.5, 0.6) is 0 Å². The molecule has 8 nitrogen and oxygen atoms in total. The maximum atomic E-state index is 12.0. The number of amides is 1. The largest absolute Gasteiger partial charge is 0.377 e. The van der Waals surface area contributed by atoms with Crippen LogP contribution in [0.3, 0.4) is 0 Å². The number of aromatic nitrogens is 2. The van der Waals surface area contributed by atoms with Gasteiger partial charge >= 0.3 is 0 Å². The topological polar surface area (TPSA) is 74.9 Å². The first-order valence-electron chi connectivity index (χ1n) is 8.50. The SMILES string of the molecule is COCc1noc(CN2CCN(C)[C@@]3(CCC(=O)N(C)CC3)C2)n1. The molecule has 0 saturated carbocycles. The fourth-order valence-corrected chi connectivity index (χ4v) is 3.71. The molecule has 3 heterocycles. The van der Waals surface area contributed by atoms with Crippen molar-refractivity contribution in [2.75, 3.05) is 47.4 Å². The van der Waals surface area contributed by atoms with Crippen molar-refractivity contribution in [1.82, 2.24) is 24.8 Å². The van der Waals surface area contributed by atoms with E-state index >= 15 is 0 Å². The van der Waals surface area contributed by atoms with Gasteiger partial charge in [-0.2, -0.15) is 4.98 Å². The molecule has 2 saturated heterocycles. The number of hydrogen-bond donors (Lipinski definition) is 0. The van der Waals surface area contributed by atoms with E-state index in [4.69, 9.17) is 9.26 Å². The molecule has 24 heavy (non-hydrogen) atoms. The first kappa shape index (κ1) is 17.3. The maximum absolute atomic E-state index is 12.0. The molecule has 2 aliphatic heterocycles. The van der Waals surface area contributed by atoms with E-state index in [0.717, 1.165) is 39.0 Å². The molecule has 0 radical (unpaired) electrons. The summed E-state index contributed by atoms with van der Waals surface area (Å²) in [5.74, 6) is 1.46. The second kappa shape index (κ2) is 7.16. The monoisotopic (exact) mass is 337 g/mol. The number of carbonyl (C=O) groups is 1. The highest BCUT2D eigenvalue weighted by Gasteiger charge is 2.41. The van der Waals surface area contributed by atoms with Crippen LogP contribution in [0, 0.1) is 0 Å². The van der Waals surface area contributed by atoms with Crippen molar-refractivity contribution in [3.63, 3.8) is 0 Å². The Morgan fingerprint density at radius 1 is 1.25 bits per heavy atom. The molecule has 0 aliphatic carbocycles. The number of ether oxygens (including phenoxy) is 1. The predicted octanol–water partition coefficient (Wildman–Crippen LogP) is 0.345. The number of carbonyl (C=O) groups excluding carboxylic acids is 1. The lowest BCUT2D eigenvalue weighted by atomic mass is 9.86. The standard InChI is InChI=1S/C16H27N5O3/c1-19-7-6-16(5-4-15(19)22)12-21(9-8-20(16)2)10-14-17-13(11-23-3)18-24-14/h4-12H2,1-3H3/t16-/m1/s1. The van der Waals surface area contributed by atoms with Gasteiger partial charge < -0.3 is 14.2 Å². The third-order valence-electron chi connectivity index (χ3n) is 5.36. The number of piperazine rings is 1. The molecule has 8 heteroatoms. The van der Waals surface area contributed by atoms with Crippen LogP contribution in [0.25, 0.3) is 0 Å². The zero-order valence-electron chi connectivity index (χ0n) is 14.8. The average molecular weight is 337 g/mol. The summed E-state index contributed by atoms with van der Waals surface area (Å²) in [6.07, 6.45) is 2.52. The Morgan fingerprint density at radius 2 is 2.08 bits per heavy atom. The number of nitrogens with zero attached hydrogens (tertiary/aromatic N) is 5. The molecule has 134 valence electrons. The van der Waals surface area contributed by atoms with Gasteiger partial charge in [-0.15, -0.1) is 0 Å². The number of methoxy groups -OCH3 is 1. The van der Waals surface area contributed by atoms with Crippen LogP contribution in [0.15, 0.2) is 4.52 Å². The van der Waals surface area contributed by atoms with E-state index in [1.165, 1.54) is 0 Å². The molecular formula is C16H27N5O3. The highest BCUT2D eigenvalue weighted by molar-refractivity contribution is 5.76. The van der Waals surface area contributed by atoms with Gasteiger partial charge in [0.1, 0.15) is 6.61 Å².